The Kier molecular flexibility index (Phi) is 1.99. The Labute approximate surface area is 79.8 Å². The number of oxazole rings is 1. The molecule has 0 aliphatic heterocycles. The van der Waals surface area contributed by atoms with Crippen LogP contribution in [0.5, 0.6) is 0 Å². The molecule has 0 fully saturated rings. The summed E-state index contributed by atoms with van der Waals surface area (Å²) in [7, 11) is 0. The SMILES string of the molecule is N#CCc1nc2cccc(C=O)c2o1. The highest BCUT2D eigenvalue weighted by atomic mass is 16.3. The Morgan fingerprint density at radius 1 is 1.57 bits per heavy atom. The van der Waals surface area contributed by atoms with Crippen molar-refractivity contribution in [2.75, 3.05) is 0 Å². The average molecular weight is 186 g/mol. The summed E-state index contributed by atoms with van der Waals surface area (Å²) in [5, 5.41) is 8.45. The fourth-order valence-corrected chi connectivity index (χ4v) is 1.25. The van der Waals surface area contributed by atoms with Crippen molar-refractivity contribution in [2.24, 2.45) is 0 Å². The van der Waals surface area contributed by atoms with E-state index in [0.717, 1.165) is 0 Å². The minimum absolute atomic E-state index is 0.118. The number of para-hydroxylation sites is 1. The standard InChI is InChI=1S/C10H6N2O2/c11-5-4-9-12-8-3-1-2-7(6-13)10(8)14-9/h1-3,6H,4H2. The predicted molar refractivity (Wildman–Crippen MR) is 48.7 cm³/mol. The Morgan fingerprint density at radius 3 is 3.14 bits per heavy atom. The van der Waals surface area contributed by atoms with Crippen LogP contribution < -0.4 is 0 Å². The van der Waals surface area contributed by atoms with Gasteiger partial charge in [-0.3, -0.25) is 4.79 Å². The van der Waals surface area contributed by atoms with Gasteiger partial charge in [-0.2, -0.15) is 5.26 Å². The molecule has 1 heterocycles. The van der Waals surface area contributed by atoms with Crippen LogP contribution in [0.4, 0.5) is 0 Å². The maximum absolute atomic E-state index is 10.6. The first-order chi connectivity index (χ1) is 6.85. The molecule has 2 rings (SSSR count). The summed E-state index contributed by atoms with van der Waals surface area (Å²) in [6, 6.07) is 7.06. The number of fused-ring (bicyclic) bond motifs is 1. The first-order valence-electron chi connectivity index (χ1n) is 4.05. The molecule has 0 saturated carbocycles. The van der Waals surface area contributed by atoms with Crippen molar-refractivity contribution in [2.45, 2.75) is 6.42 Å². The first-order valence-corrected chi connectivity index (χ1v) is 4.05. The molecule has 0 saturated heterocycles. The van der Waals surface area contributed by atoms with Crippen LogP contribution in [0.25, 0.3) is 11.1 Å². The normalized spacial score (nSPS) is 9.93. The zero-order valence-electron chi connectivity index (χ0n) is 7.23. The van der Waals surface area contributed by atoms with Gasteiger partial charge < -0.3 is 4.42 Å². The van der Waals surface area contributed by atoms with Gasteiger partial charge in [-0.1, -0.05) is 6.07 Å². The highest BCUT2D eigenvalue weighted by Gasteiger charge is 2.08. The average Bonchev–Trinajstić information content (AvgIpc) is 2.60. The minimum atomic E-state index is 0.118. The second kappa shape index (κ2) is 3.30. The lowest BCUT2D eigenvalue weighted by Crippen LogP contribution is -1.78. The highest BCUT2D eigenvalue weighted by Crippen LogP contribution is 2.18. The Morgan fingerprint density at radius 2 is 2.43 bits per heavy atom. The van der Waals surface area contributed by atoms with E-state index < -0.39 is 0 Å². The minimum Gasteiger partial charge on any atom is -0.439 e. The van der Waals surface area contributed by atoms with Gasteiger partial charge in [-0.15, -0.1) is 0 Å². The summed E-state index contributed by atoms with van der Waals surface area (Å²) in [5.74, 6) is 0.344. The smallest absolute Gasteiger partial charge is 0.209 e. The molecule has 0 amide bonds. The number of rotatable bonds is 2. The molecule has 0 N–H and O–H groups in total. The molecule has 0 spiro atoms. The van der Waals surface area contributed by atoms with Crippen LogP contribution >= 0.6 is 0 Å². The molecular weight excluding hydrogens is 180 g/mol. The van der Waals surface area contributed by atoms with E-state index in [0.29, 0.717) is 28.8 Å². The zero-order chi connectivity index (χ0) is 9.97. The van der Waals surface area contributed by atoms with Crippen molar-refractivity contribution >= 4 is 17.4 Å². The second-order valence-corrected chi connectivity index (χ2v) is 2.76. The van der Waals surface area contributed by atoms with E-state index >= 15 is 0 Å². The predicted octanol–water partition coefficient (Wildman–Crippen LogP) is 1.71. The lowest BCUT2D eigenvalue weighted by atomic mass is 10.2. The summed E-state index contributed by atoms with van der Waals surface area (Å²) in [4.78, 5) is 14.7. The van der Waals surface area contributed by atoms with Gasteiger partial charge >= 0.3 is 0 Å². The molecule has 0 unspecified atom stereocenters. The number of hydrogen-bond acceptors (Lipinski definition) is 4. The molecule has 0 bridgehead atoms. The van der Waals surface area contributed by atoms with E-state index in [1.807, 2.05) is 6.07 Å². The Bertz CT molecular complexity index is 522. The lowest BCUT2D eigenvalue weighted by Gasteiger charge is -1.88. The highest BCUT2D eigenvalue weighted by molar-refractivity contribution is 5.92. The fourth-order valence-electron chi connectivity index (χ4n) is 1.25. The molecule has 68 valence electrons. The topological polar surface area (TPSA) is 66.9 Å². The first kappa shape index (κ1) is 8.45. The van der Waals surface area contributed by atoms with Crippen LogP contribution in [0.2, 0.25) is 0 Å². The molecule has 4 heteroatoms. The number of carbonyl (C=O) groups excluding carboxylic acids is 1. The van der Waals surface area contributed by atoms with Crippen molar-refractivity contribution in [3.8, 4) is 6.07 Å². The number of nitrogens with zero attached hydrogens (tertiary/aromatic N) is 2. The van der Waals surface area contributed by atoms with Gasteiger partial charge in [0.15, 0.2) is 11.9 Å². The largest absolute Gasteiger partial charge is 0.439 e. The summed E-state index contributed by atoms with van der Waals surface area (Å²) in [6.07, 6.45) is 0.830. The molecular formula is C10H6N2O2. The third kappa shape index (κ3) is 1.25. The van der Waals surface area contributed by atoms with Gasteiger partial charge in [-0.25, -0.2) is 4.98 Å². The molecule has 1 aromatic heterocycles. The van der Waals surface area contributed by atoms with Crippen molar-refractivity contribution in [3.63, 3.8) is 0 Å². The monoisotopic (exact) mass is 186 g/mol. The molecule has 0 atom stereocenters. The third-order valence-corrected chi connectivity index (χ3v) is 1.85. The van der Waals surface area contributed by atoms with Crippen molar-refractivity contribution in [3.05, 3.63) is 29.7 Å². The quantitative estimate of drug-likeness (QED) is 0.669. The fraction of sp³-hybridized carbons (Fsp3) is 0.100. The van der Waals surface area contributed by atoms with Gasteiger partial charge in [0.05, 0.1) is 11.6 Å². The molecule has 0 aliphatic rings. The molecule has 14 heavy (non-hydrogen) atoms. The molecule has 0 radical (unpaired) electrons. The maximum atomic E-state index is 10.6. The van der Waals surface area contributed by atoms with Crippen LogP contribution in [0, 0.1) is 11.3 Å². The summed E-state index contributed by atoms with van der Waals surface area (Å²) >= 11 is 0. The number of carbonyl (C=O) groups is 1. The number of aldehydes is 1. The van der Waals surface area contributed by atoms with Crippen LogP contribution in [0.15, 0.2) is 22.6 Å². The van der Waals surface area contributed by atoms with E-state index in [1.165, 1.54) is 0 Å². The van der Waals surface area contributed by atoms with E-state index in [2.05, 4.69) is 4.98 Å². The number of nitriles is 1. The molecule has 4 nitrogen and oxygen atoms in total. The summed E-state index contributed by atoms with van der Waals surface area (Å²) < 4.78 is 5.27. The second-order valence-electron chi connectivity index (χ2n) is 2.76. The number of hydrogen-bond donors (Lipinski definition) is 0. The lowest BCUT2D eigenvalue weighted by molar-refractivity contribution is 0.112. The number of benzene rings is 1. The van der Waals surface area contributed by atoms with E-state index in [4.69, 9.17) is 9.68 Å². The Balaban J connectivity index is 2.65. The van der Waals surface area contributed by atoms with Crippen molar-refractivity contribution < 1.29 is 9.21 Å². The van der Waals surface area contributed by atoms with Gasteiger partial charge in [-0.05, 0) is 12.1 Å². The van der Waals surface area contributed by atoms with Crippen molar-refractivity contribution in [1.29, 1.82) is 5.26 Å². The third-order valence-electron chi connectivity index (χ3n) is 1.85. The van der Waals surface area contributed by atoms with E-state index in [-0.39, 0.29) is 6.42 Å². The van der Waals surface area contributed by atoms with Gasteiger partial charge in [0.1, 0.15) is 11.9 Å². The van der Waals surface area contributed by atoms with Gasteiger partial charge in [0, 0.05) is 0 Å². The molecule has 2 aromatic rings. The molecule has 1 aromatic carbocycles. The maximum Gasteiger partial charge on any atom is 0.209 e. The van der Waals surface area contributed by atoms with E-state index in [1.54, 1.807) is 18.2 Å². The van der Waals surface area contributed by atoms with E-state index in [9.17, 15) is 4.79 Å². The summed E-state index contributed by atoms with van der Waals surface area (Å²) in [6.45, 7) is 0. The van der Waals surface area contributed by atoms with Gasteiger partial charge in [0.2, 0.25) is 5.89 Å². The van der Waals surface area contributed by atoms with Crippen LogP contribution in [-0.4, -0.2) is 11.3 Å². The Hall–Kier alpha value is -2.15. The van der Waals surface area contributed by atoms with Crippen LogP contribution in [0.1, 0.15) is 16.2 Å². The number of aromatic nitrogens is 1. The van der Waals surface area contributed by atoms with Gasteiger partial charge in [0.25, 0.3) is 0 Å². The van der Waals surface area contributed by atoms with Crippen LogP contribution in [0.3, 0.4) is 0 Å². The van der Waals surface area contributed by atoms with Crippen LogP contribution in [-0.2, 0) is 6.42 Å². The zero-order valence-corrected chi connectivity index (χ0v) is 7.23. The summed E-state index contributed by atoms with van der Waals surface area (Å²) in [5.41, 5.74) is 1.52. The molecule has 0 aliphatic carbocycles. The van der Waals surface area contributed by atoms with Crippen molar-refractivity contribution in [1.82, 2.24) is 4.98 Å².